The summed E-state index contributed by atoms with van der Waals surface area (Å²) in [6.45, 7) is 2.40. The maximum Gasteiger partial charge on any atom is 0.410 e. The second-order valence-electron chi connectivity index (χ2n) is 7.31. The van der Waals surface area contributed by atoms with Crippen LogP contribution in [0, 0.1) is 0 Å². The summed E-state index contributed by atoms with van der Waals surface area (Å²) >= 11 is 0. The third-order valence-corrected chi connectivity index (χ3v) is 5.26. The number of azide groups is 1. The minimum Gasteiger partial charge on any atom is -0.445 e. The maximum absolute atomic E-state index is 13.0. The Morgan fingerprint density at radius 3 is 2.43 bits per heavy atom. The number of ether oxygens (including phenoxy) is 2. The molecule has 1 fully saturated rings. The SMILES string of the molecule is C[C@@H]([C@@H]1CC[C@@H](N=[N+]=[N-])C(O)O1)N(Cc1ccccc1)C(=O)OCc1ccccc1. The van der Waals surface area contributed by atoms with E-state index in [0.717, 1.165) is 11.1 Å². The molecule has 1 saturated heterocycles. The van der Waals surface area contributed by atoms with Crippen molar-refractivity contribution in [2.24, 2.45) is 5.11 Å². The van der Waals surface area contributed by atoms with Gasteiger partial charge in [-0.15, -0.1) is 0 Å². The molecular formula is C22H26N4O4. The molecule has 8 heteroatoms. The van der Waals surface area contributed by atoms with E-state index in [-0.39, 0.29) is 12.6 Å². The molecule has 1 aliphatic rings. The van der Waals surface area contributed by atoms with Crippen LogP contribution in [-0.2, 0) is 22.6 Å². The topological polar surface area (TPSA) is 108 Å². The summed E-state index contributed by atoms with van der Waals surface area (Å²) in [4.78, 5) is 17.3. The summed E-state index contributed by atoms with van der Waals surface area (Å²) in [6.07, 6.45) is -1.01. The van der Waals surface area contributed by atoms with Crippen LogP contribution in [0.15, 0.2) is 65.8 Å². The number of amides is 1. The molecule has 0 aliphatic carbocycles. The lowest BCUT2D eigenvalue weighted by Gasteiger charge is -2.39. The average Bonchev–Trinajstić information content (AvgIpc) is 2.78. The number of hydrogen-bond acceptors (Lipinski definition) is 5. The first-order valence-corrected chi connectivity index (χ1v) is 9.97. The normalized spacial score (nSPS) is 21.9. The highest BCUT2D eigenvalue weighted by molar-refractivity contribution is 5.68. The molecule has 1 N–H and O–H groups in total. The van der Waals surface area contributed by atoms with E-state index in [2.05, 4.69) is 10.0 Å². The number of carbonyl (C=O) groups excluding carboxylic acids is 1. The number of aliphatic hydroxyl groups is 1. The third-order valence-electron chi connectivity index (χ3n) is 5.26. The van der Waals surface area contributed by atoms with Gasteiger partial charge in [0.1, 0.15) is 6.61 Å². The molecule has 0 aromatic heterocycles. The molecule has 0 spiro atoms. The average molecular weight is 410 g/mol. The van der Waals surface area contributed by atoms with Crippen molar-refractivity contribution < 1.29 is 19.4 Å². The van der Waals surface area contributed by atoms with Crippen LogP contribution >= 0.6 is 0 Å². The minimum absolute atomic E-state index is 0.171. The van der Waals surface area contributed by atoms with Gasteiger partial charge in [-0.05, 0) is 36.4 Å². The van der Waals surface area contributed by atoms with Gasteiger partial charge in [0.15, 0.2) is 6.29 Å². The second kappa shape index (κ2) is 10.6. The van der Waals surface area contributed by atoms with Gasteiger partial charge >= 0.3 is 6.09 Å². The fourth-order valence-corrected chi connectivity index (χ4v) is 3.51. The van der Waals surface area contributed by atoms with E-state index in [0.29, 0.717) is 19.4 Å². The fourth-order valence-electron chi connectivity index (χ4n) is 3.51. The standard InChI is InChI=1S/C22H26N4O4/c1-16(20-13-12-19(24-25-23)21(27)30-20)26(14-17-8-4-2-5-9-17)22(28)29-15-18-10-6-3-7-11-18/h2-11,16,19-21,27H,12-15H2,1H3/t16-,19+,20-,21?/m0/s1. The summed E-state index contributed by atoms with van der Waals surface area (Å²) in [5.74, 6) is 0. The van der Waals surface area contributed by atoms with Crippen LogP contribution in [0.1, 0.15) is 30.9 Å². The molecular weight excluding hydrogens is 384 g/mol. The van der Waals surface area contributed by atoms with Crippen molar-refractivity contribution in [3.8, 4) is 0 Å². The van der Waals surface area contributed by atoms with Crippen LogP contribution in [0.3, 0.4) is 0 Å². The third kappa shape index (κ3) is 5.73. The quantitative estimate of drug-likeness (QED) is 0.415. The molecule has 1 aliphatic heterocycles. The van der Waals surface area contributed by atoms with E-state index in [1.807, 2.05) is 67.6 Å². The first-order valence-electron chi connectivity index (χ1n) is 9.97. The summed E-state index contributed by atoms with van der Waals surface area (Å²) in [7, 11) is 0. The number of rotatable bonds is 7. The maximum atomic E-state index is 13.0. The van der Waals surface area contributed by atoms with E-state index >= 15 is 0 Å². The lowest BCUT2D eigenvalue weighted by Crippen LogP contribution is -2.50. The molecule has 1 heterocycles. The number of aliphatic hydroxyl groups excluding tert-OH is 1. The molecule has 0 bridgehead atoms. The Kier molecular flexibility index (Phi) is 7.68. The van der Waals surface area contributed by atoms with E-state index in [1.165, 1.54) is 0 Å². The molecule has 2 aromatic carbocycles. The number of carbonyl (C=O) groups is 1. The smallest absolute Gasteiger partial charge is 0.410 e. The monoisotopic (exact) mass is 410 g/mol. The van der Waals surface area contributed by atoms with E-state index in [9.17, 15) is 9.90 Å². The summed E-state index contributed by atoms with van der Waals surface area (Å²) in [5, 5.41) is 13.7. The van der Waals surface area contributed by atoms with Crippen molar-refractivity contribution in [3.05, 3.63) is 82.2 Å². The Bertz CT molecular complexity index is 858. The number of benzene rings is 2. The predicted molar refractivity (Wildman–Crippen MR) is 111 cm³/mol. The number of nitrogens with zero attached hydrogens (tertiary/aromatic N) is 4. The van der Waals surface area contributed by atoms with Crippen molar-refractivity contribution in [3.63, 3.8) is 0 Å². The van der Waals surface area contributed by atoms with Gasteiger partial charge in [0.25, 0.3) is 0 Å². The van der Waals surface area contributed by atoms with Gasteiger partial charge in [-0.1, -0.05) is 65.8 Å². The predicted octanol–water partition coefficient (Wildman–Crippen LogP) is 4.39. The lowest BCUT2D eigenvalue weighted by atomic mass is 9.98. The van der Waals surface area contributed by atoms with Crippen LogP contribution in [-0.4, -0.2) is 40.6 Å². The second-order valence-corrected chi connectivity index (χ2v) is 7.31. The molecule has 8 nitrogen and oxygen atoms in total. The van der Waals surface area contributed by atoms with Gasteiger partial charge < -0.3 is 14.6 Å². The first kappa shape index (κ1) is 21.6. The van der Waals surface area contributed by atoms with Gasteiger partial charge in [-0.25, -0.2) is 4.79 Å². The Morgan fingerprint density at radius 2 is 1.83 bits per heavy atom. The molecule has 2 aromatic rings. The highest BCUT2D eigenvalue weighted by Gasteiger charge is 2.36. The van der Waals surface area contributed by atoms with Crippen LogP contribution < -0.4 is 0 Å². The van der Waals surface area contributed by atoms with Crippen LogP contribution in [0.25, 0.3) is 10.4 Å². The molecule has 1 amide bonds. The molecule has 4 atom stereocenters. The van der Waals surface area contributed by atoms with Gasteiger partial charge in [-0.2, -0.15) is 0 Å². The van der Waals surface area contributed by atoms with Crippen molar-refractivity contribution in [2.75, 3.05) is 0 Å². The zero-order chi connectivity index (χ0) is 21.3. The molecule has 3 rings (SSSR count). The minimum atomic E-state index is -1.19. The molecule has 0 radical (unpaired) electrons. The zero-order valence-corrected chi connectivity index (χ0v) is 16.9. The summed E-state index contributed by atoms with van der Waals surface area (Å²) in [5.41, 5.74) is 10.5. The largest absolute Gasteiger partial charge is 0.445 e. The highest BCUT2D eigenvalue weighted by atomic mass is 16.6. The molecule has 30 heavy (non-hydrogen) atoms. The van der Waals surface area contributed by atoms with Gasteiger partial charge in [0.2, 0.25) is 0 Å². The van der Waals surface area contributed by atoms with Crippen LogP contribution in [0.2, 0.25) is 0 Å². The van der Waals surface area contributed by atoms with Crippen LogP contribution in [0.5, 0.6) is 0 Å². The molecule has 0 saturated carbocycles. The van der Waals surface area contributed by atoms with E-state index < -0.39 is 24.5 Å². The Morgan fingerprint density at radius 1 is 1.20 bits per heavy atom. The van der Waals surface area contributed by atoms with Gasteiger partial charge in [0, 0.05) is 11.5 Å². The number of hydrogen-bond donors (Lipinski definition) is 1. The Labute approximate surface area is 175 Å². The van der Waals surface area contributed by atoms with E-state index in [4.69, 9.17) is 15.0 Å². The summed E-state index contributed by atoms with van der Waals surface area (Å²) in [6, 6.07) is 18.2. The van der Waals surface area contributed by atoms with Gasteiger partial charge in [0.05, 0.1) is 18.2 Å². The van der Waals surface area contributed by atoms with Gasteiger partial charge in [-0.3, -0.25) is 4.90 Å². The van der Waals surface area contributed by atoms with E-state index in [1.54, 1.807) is 4.90 Å². The molecule has 158 valence electrons. The summed E-state index contributed by atoms with van der Waals surface area (Å²) < 4.78 is 11.2. The van der Waals surface area contributed by atoms with Crippen molar-refractivity contribution in [1.29, 1.82) is 0 Å². The van der Waals surface area contributed by atoms with Crippen molar-refractivity contribution >= 4 is 6.09 Å². The van der Waals surface area contributed by atoms with Crippen molar-refractivity contribution in [1.82, 2.24) is 4.90 Å². The Balaban J connectivity index is 1.71. The fraction of sp³-hybridized carbons (Fsp3) is 0.409. The van der Waals surface area contributed by atoms with Crippen molar-refractivity contribution in [2.45, 2.75) is 57.4 Å². The highest BCUT2D eigenvalue weighted by Crippen LogP contribution is 2.26. The first-order chi connectivity index (χ1) is 14.6. The lowest BCUT2D eigenvalue weighted by molar-refractivity contribution is -0.186. The Hall–Kier alpha value is -3.06. The molecule has 1 unspecified atom stereocenters. The van der Waals surface area contributed by atoms with Crippen LogP contribution in [0.4, 0.5) is 4.79 Å². The zero-order valence-electron chi connectivity index (χ0n) is 16.9.